The van der Waals surface area contributed by atoms with Crippen LogP contribution < -0.4 is 10.4 Å². The third kappa shape index (κ3) is 4.97. The van der Waals surface area contributed by atoms with Gasteiger partial charge in [-0.05, 0) is 35.0 Å². The number of H-pyrrole nitrogens is 1. The monoisotopic (exact) mass is 524 g/mol. The SMILES string of the molecule is C[Si](O[C](C(=O)CCc1ccccc1)c1cccc2c1[nH]c1ccccc12)(c1ccccc1)c1ccccc1. The Hall–Kier alpha value is -4.25. The van der Waals surface area contributed by atoms with Crippen LogP contribution in [0.3, 0.4) is 0 Å². The lowest BCUT2D eigenvalue weighted by atomic mass is 9.98. The van der Waals surface area contributed by atoms with Gasteiger partial charge in [-0.1, -0.05) is 127 Å². The number of benzene rings is 5. The normalized spacial score (nSPS) is 11.8. The maximum absolute atomic E-state index is 14.2. The molecule has 0 saturated carbocycles. The molecule has 0 bridgehead atoms. The van der Waals surface area contributed by atoms with Gasteiger partial charge in [0.05, 0.1) is 5.52 Å². The maximum Gasteiger partial charge on any atom is 0.254 e. The fraction of sp³-hybridized carbons (Fsp3) is 0.0857. The first-order chi connectivity index (χ1) is 19.1. The molecule has 6 rings (SSSR count). The van der Waals surface area contributed by atoms with Crippen molar-refractivity contribution in [2.24, 2.45) is 0 Å². The molecule has 0 saturated heterocycles. The number of aromatic amines is 1. The Morgan fingerprint density at radius 2 is 1.23 bits per heavy atom. The lowest BCUT2D eigenvalue weighted by Gasteiger charge is -2.32. The smallest absolute Gasteiger partial charge is 0.254 e. The van der Waals surface area contributed by atoms with Crippen LogP contribution in [0.4, 0.5) is 0 Å². The Morgan fingerprint density at radius 3 is 1.90 bits per heavy atom. The fourth-order valence-electron chi connectivity index (χ4n) is 5.34. The van der Waals surface area contributed by atoms with Gasteiger partial charge in [0.1, 0.15) is 0 Å². The zero-order valence-electron chi connectivity index (χ0n) is 21.9. The van der Waals surface area contributed by atoms with E-state index in [-0.39, 0.29) is 5.78 Å². The molecule has 3 nitrogen and oxygen atoms in total. The number of carbonyl (C=O) groups excluding carboxylic acids is 1. The van der Waals surface area contributed by atoms with Crippen LogP contribution in [0.25, 0.3) is 21.8 Å². The summed E-state index contributed by atoms with van der Waals surface area (Å²) < 4.78 is 7.14. The molecule has 1 heterocycles. The minimum Gasteiger partial charge on any atom is -0.389 e. The molecular formula is C35H30NO2Si. The van der Waals surface area contributed by atoms with Crippen LogP contribution in [0.1, 0.15) is 17.5 Å². The molecule has 0 amide bonds. The average Bonchev–Trinajstić information content (AvgIpc) is 3.39. The minimum atomic E-state index is -2.82. The molecule has 5 aromatic carbocycles. The molecule has 4 heteroatoms. The van der Waals surface area contributed by atoms with Crippen molar-refractivity contribution in [2.45, 2.75) is 19.4 Å². The summed E-state index contributed by atoms with van der Waals surface area (Å²) in [5, 5.41) is 4.46. The van der Waals surface area contributed by atoms with Crippen molar-refractivity contribution in [3.05, 3.63) is 151 Å². The molecule has 6 aromatic rings. The number of rotatable bonds is 9. The van der Waals surface area contributed by atoms with E-state index in [4.69, 9.17) is 4.43 Å². The average molecular weight is 525 g/mol. The van der Waals surface area contributed by atoms with Crippen LogP contribution in [0.5, 0.6) is 0 Å². The Bertz CT molecular complexity index is 1670. The highest BCUT2D eigenvalue weighted by Gasteiger charge is 2.40. The first-order valence-corrected chi connectivity index (χ1v) is 15.8. The number of hydrogen-bond donors (Lipinski definition) is 1. The van der Waals surface area contributed by atoms with Crippen molar-refractivity contribution in [1.29, 1.82) is 0 Å². The van der Waals surface area contributed by atoms with Crippen LogP contribution >= 0.6 is 0 Å². The third-order valence-electron chi connectivity index (χ3n) is 7.48. The summed E-state index contributed by atoms with van der Waals surface area (Å²) in [6, 6.07) is 45.3. The van der Waals surface area contributed by atoms with Crippen molar-refractivity contribution in [1.82, 2.24) is 4.98 Å². The zero-order valence-corrected chi connectivity index (χ0v) is 22.9. The van der Waals surface area contributed by atoms with E-state index in [2.05, 4.69) is 66.1 Å². The van der Waals surface area contributed by atoms with E-state index in [0.717, 1.165) is 43.3 Å². The number of aromatic nitrogens is 1. The third-order valence-corrected chi connectivity index (χ3v) is 11.0. The van der Waals surface area contributed by atoms with Crippen molar-refractivity contribution in [2.75, 3.05) is 0 Å². The maximum atomic E-state index is 14.2. The first kappa shape index (κ1) is 25.0. The number of fused-ring (bicyclic) bond motifs is 3. The Balaban J connectivity index is 1.48. The second-order valence-corrected chi connectivity index (χ2v) is 13.4. The molecule has 0 aliphatic rings. The molecule has 39 heavy (non-hydrogen) atoms. The fourth-order valence-corrected chi connectivity index (χ4v) is 8.20. The summed E-state index contributed by atoms with van der Waals surface area (Å²) in [6.07, 6.45) is 1.46. The van der Waals surface area contributed by atoms with Gasteiger partial charge in [-0.25, -0.2) is 0 Å². The van der Waals surface area contributed by atoms with E-state index >= 15 is 0 Å². The highest BCUT2D eigenvalue weighted by Crippen LogP contribution is 2.34. The van der Waals surface area contributed by atoms with Gasteiger partial charge in [-0.2, -0.15) is 0 Å². The van der Waals surface area contributed by atoms with Gasteiger partial charge in [0, 0.05) is 28.3 Å². The molecular weight excluding hydrogens is 494 g/mol. The summed E-state index contributed by atoms with van der Waals surface area (Å²) in [4.78, 5) is 17.7. The molecule has 0 aliphatic carbocycles. The predicted octanol–water partition coefficient (Wildman–Crippen LogP) is 6.81. The Kier molecular flexibility index (Phi) is 6.97. The van der Waals surface area contributed by atoms with Crippen LogP contribution in [-0.4, -0.2) is 19.1 Å². The zero-order chi connectivity index (χ0) is 26.7. The Morgan fingerprint density at radius 1 is 0.667 bits per heavy atom. The molecule has 0 fully saturated rings. The van der Waals surface area contributed by atoms with E-state index in [9.17, 15) is 4.79 Å². The van der Waals surface area contributed by atoms with Gasteiger partial charge < -0.3 is 9.41 Å². The summed E-state index contributed by atoms with van der Waals surface area (Å²) >= 11 is 0. The van der Waals surface area contributed by atoms with Crippen molar-refractivity contribution >= 4 is 46.3 Å². The molecule has 1 N–H and O–H groups in total. The lowest BCUT2D eigenvalue weighted by Crippen LogP contribution is -2.59. The number of ketones is 1. The number of hydrogen-bond acceptors (Lipinski definition) is 2. The standard InChI is InChI=1S/C35H30NO2Si/c1-39(27-16-7-3-8-17-27,28-18-9-4-10-19-28)38-35(33(37)25-24-26-14-5-2-6-15-26)31-22-13-21-30-29-20-11-12-23-32(29)36-34(30)31/h2-23,36H,24-25H2,1H3. The molecule has 1 radical (unpaired) electrons. The van der Waals surface area contributed by atoms with Gasteiger partial charge >= 0.3 is 0 Å². The molecule has 0 spiro atoms. The first-order valence-electron chi connectivity index (χ1n) is 13.4. The van der Waals surface area contributed by atoms with E-state index in [0.29, 0.717) is 18.9 Å². The largest absolute Gasteiger partial charge is 0.389 e. The van der Waals surface area contributed by atoms with Gasteiger partial charge in [-0.3, -0.25) is 4.79 Å². The quantitative estimate of drug-likeness (QED) is 0.211. The topological polar surface area (TPSA) is 42.1 Å². The van der Waals surface area contributed by atoms with Crippen molar-refractivity contribution < 1.29 is 9.22 Å². The highest BCUT2D eigenvalue weighted by atomic mass is 28.4. The number of Topliss-reactive ketones (excluding diaryl/α,β-unsaturated/α-hetero) is 1. The highest BCUT2D eigenvalue weighted by molar-refractivity contribution is 6.96. The molecule has 0 aliphatic heterocycles. The lowest BCUT2D eigenvalue weighted by molar-refractivity contribution is -0.119. The summed E-state index contributed by atoms with van der Waals surface area (Å²) in [6.45, 7) is 2.19. The number of nitrogens with one attached hydrogen (secondary N) is 1. The van der Waals surface area contributed by atoms with Crippen LogP contribution in [0, 0.1) is 6.10 Å². The van der Waals surface area contributed by atoms with Gasteiger partial charge in [-0.15, -0.1) is 0 Å². The van der Waals surface area contributed by atoms with E-state index in [1.165, 1.54) is 0 Å². The number of aryl methyl sites for hydroxylation is 1. The van der Waals surface area contributed by atoms with Crippen LogP contribution in [0.15, 0.2) is 133 Å². The van der Waals surface area contributed by atoms with Crippen LogP contribution in [0.2, 0.25) is 6.55 Å². The summed E-state index contributed by atoms with van der Waals surface area (Å²) in [7, 11) is -2.82. The molecule has 1 aromatic heterocycles. The predicted molar refractivity (Wildman–Crippen MR) is 163 cm³/mol. The summed E-state index contributed by atoms with van der Waals surface area (Å²) in [5.74, 6) is 0.00981. The van der Waals surface area contributed by atoms with Gasteiger partial charge in [0.2, 0.25) is 0 Å². The summed E-state index contributed by atoms with van der Waals surface area (Å²) in [5.41, 5.74) is 3.92. The van der Waals surface area contributed by atoms with Gasteiger partial charge in [0.25, 0.3) is 8.32 Å². The minimum absolute atomic E-state index is 0.00981. The molecule has 0 atom stereocenters. The molecule has 0 unspecified atom stereocenters. The van der Waals surface area contributed by atoms with Gasteiger partial charge in [0.15, 0.2) is 11.9 Å². The van der Waals surface area contributed by atoms with E-state index < -0.39 is 8.32 Å². The molecule has 191 valence electrons. The number of para-hydroxylation sites is 2. The van der Waals surface area contributed by atoms with E-state index in [1.54, 1.807) is 0 Å². The van der Waals surface area contributed by atoms with Crippen molar-refractivity contribution in [3.8, 4) is 0 Å². The van der Waals surface area contributed by atoms with E-state index in [1.807, 2.05) is 78.9 Å². The second-order valence-electron chi connectivity index (χ2n) is 10.0. The Labute approximate surface area is 230 Å². The number of carbonyl (C=O) groups is 1. The van der Waals surface area contributed by atoms with Crippen LogP contribution in [-0.2, 0) is 15.6 Å². The van der Waals surface area contributed by atoms with Crippen molar-refractivity contribution in [3.63, 3.8) is 0 Å². The second kappa shape index (κ2) is 10.9.